The first-order chi connectivity index (χ1) is 6.09. The Morgan fingerprint density at radius 3 is 2.23 bits per heavy atom. The average Bonchev–Trinajstić information content (AvgIpc) is 2.08. The zero-order chi connectivity index (χ0) is 9.84. The van der Waals surface area contributed by atoms with Gasteiger partial charge in [0.25, 0.3) is 0 Å². The van der Waals surface area contributed by atoms with Crippen LogP contribution in [0.1, 0.15) is 46.5 Å². The van der Waals surface area contributed by atoms with Crippen LogP contribution in [0.2, 0.25) is 0 Å². The van der Waals surface area contributed by atoms with Crippen LogP contribution in [0.4, 0.5) is 0 Å². The topological polar surface area (TPSA) is 29.1 Å². The van der Waals surface area contributed by atoms with Gasteiger partial charge < -0.3 is 5.32 Å². The molecule has 0 radical (unpaired) electrons. The quantitative estimate of drug-likeness (QED) is 0.699. The van der Waals surface area contributed by atoms with Crippen LogP contribution in [0.5, 0.6) is 0 Å². The Labute approximate surface area is 81.1 Å². The van der Waals surface area contributed by atoms with Gasteiger partial charge in [-0.05, 0) is 31.6 Å². The summed E-state index contributed by atoms with van der Waals surface area (Å²) in [5.41, 5.74) is 0. The number of hydrogen-bond acceptors (Lipinski definition) is 1. The summed E-state index contributed by atoms with van der Waals surface area (Å²) in [4.78, 5) is 11.4. The van der Waals surface area contributed by atoms with Gasteiger partial charge in [0.1, 0.15) is 0 Å². The van der Waals surface area contributed by atoms with E-state index in [0.717, 1.165) is 5.92 Å². The third-order valence-corrected chi connectivity index (χ3v) is 2.89. The summed E-state index contributed by atoms with van der Waals surface area (Å²) in [7, 11) is 0. The first-order valence-electron chi connectivity index (χ1n) is 5.40. The van der Waals surface area contributed by atoms with E-state index in [2.05, 4.69) is 12.2 Å². The van der Waals surface area contributed by atoms with Crippen LogP contribution < -0.4 is 5.32 Å². The second kappa shape index (κ2) is 4.64. The van der Waals surface area contributed by atoms with E-state index in [-0.39, 0.29) is 11.8 Å². The number of rotatable bonds is 2. The van der Waals surface area contributed by atoms with Crippen molar-refractivity contribution in [3.63, 3.8) is 0 Å². The summed E-state index contributed by atoms with van der Waals surface area (Å²) in [6.07, 6.45) is 4.87. The van der Waals surface area contributed by atoms with Crippen LogP contribution >= 0.6 is 0 Å². The number of amides is 1. The van der Waals surface area contributed by atoms with Crippen LogP contribution in [0.15, 0.2) is 0 Å². The average molecular weight is 183 g/mol. The highest BCUT2D eigenvalue weighted by Crippen LogP contribution is 2.23. The second-order valence-electron chi connectivity index (χ2n) is 4.62. The van der Waals surface area contributed by atoms with Gasteiger partial charge in [-0.1, -0.05) is 20.8 Å². The van der Waals surface area contributed by atoms with Crippen LogP contribution in [-0.2, 0) is 4.79 Å². The third kappa shape index (κ3) is 3.37. The first-order valence-corrected chi connectivity index (χ1v) is 5.40. The van der Waals surface area contributed by atoms with Crippen molar-refractivity contribution < 1.29 is 4.79 Å². The molecule has 0 aliphatic heterocycles. The molecule has 1 aliphatic carbocycles. The van der Waals surface area contributed by atoms with Gasteiger partial charge in [-0.3, -0.25) is 4.79 Å². The van der Waals surface area contributed by atoms with Crippen molar-refractivity contribution in [2.75, 3.05) is 0 Å². The molecule has 1 aliphatic rings. The fourth-order valence-corrected chi connectivity index (χ4v) is 1.77. The van der Waals surface area contributed by atoms with E-state index >= 15 is 0 Å². The third-order valence-electron chi connectivity index (χ3n) is 2.89. The smallest absolute Gasteiger partial charge is 0.222 e. The molecule has 13 heavy (non-hydrogen) atoms. The van der Waals surface area contributed by atoms with Gasteiger partial charge in [-0.15, -0.1) is 0 Å². The van der Waals surface area contributed by atoms with Crippen molar-refractivity contribution in [1.29, 1.82) is 0 Å². The molecule has 0 bridgehead atoms. The molecule has 0 aromatic carbocycles. The molecule has 0 unspecified atom stereocenters. The largest absolute Gasteiger partial charge is 0.353 e. The minimum absolute atomic E-state index is 0.124. The van der Waals surface area contributed by atoms with Crippen molar-refractivity contribution in [2.45, 2.75) is 52.5 Å². The number of hydrogen-bond donors (Lipinski definition) is 1. The Morgan fingerprint density at radius 2 is 1.77 bits per heavy atom. The lowest BCUT2D eigenvalue weighted by Gasteiger charge is -2.27. The molecule has 1 N–H and O–H groups in total. The Bertz CT molecular complexity index is 169. The van der Waals surface area contributed by atoms with E-state index in [4.69, 9.17) is 0 Å². The van der Waals surface area contributed by atoms with Crippen LogP contribution in [0.3, 0.4) is 0 Å². The molecule has 0 heterocycles. The van der Waals surface area contributed by atoms with Gasteiger partial charge in [-0.25, -0.2) is 0 Å². The molecule has 2 nitrogen and oxygen atoms in total. The summed E-state index contributed by atoms with van der Waals surface area (Å²) in [6, 6.07) is 0.450. The lowest BCUT2D eigenvalue weighted by molar-refractivity contribution is -0.124. The molecule has 1 rings (SSSR count). The molecule has 1 saturated carbocycles. The minimum atomic E-state index is 0.124. The Morgan fingerprint density at radius 1 is 1.23 bits per heavy atom. The molecular formula is C11H21NO. The number of carbonyl (C=O) groups excluding carboxylic acids is 1. The summed E-state index contributed by atoms with van der Waals surface area (Å²) in [5, 5.41) is 3.10. The van der Waals surface area contributed by atoms with Crippen LogP contribution in [0, 0.1) is 11.8 Å². The number of nitrogens with one attached hydrogen (secondary N) is 1. The minimum Gasteiger partial charge on any atom is -0.353 e. The highest BCUT2D eigenvalue weighted by atomic mass is 16.1. The number of carbonyl (C=O) groups is 1. The van der Waals surface area contributed by atoms with Gasteiger partial charge in [-0.2, -0.15) is 0 Å². The summed E-state index contributed by atoms with van der Waals surface area (Å²) in [5.74, 6) is 1.19. The normalized spacial score (nSPS) is 28.9. The fourth-order valence-electron chi connectivity index (χ4n) is 1.77. The molecule has 0 spiro atoms. The van der Waals surface area contributed by atoms with E-state index < -0.39 is 0 Å². The summed E-state index contributed by atoms with van der Waals surface area (Å²) in [6.45, 7) is 6.18. The van der Waals surface area contributed by atoms with Crippen molar-refractivity contribution in [2.24, 2.45) is 11.8 Å². The maximum absolute atomic E-state index is 11.4. The maximum atomic E-state index is 11.4. The molecule has 1 fully saturated rings. The predicted octanol–water partition coefficient (Wildman–Crippen LogP) is 2.34. The molecule has 0 aromatic heterocycles. The fraction of sp³-hybridized carbons (Fsp3) is 0.909. The molecule has 0 saturated heterocycles. The zero-order valence-corrected chi connectivity index (χ0v) is 8.97. The molecule has 76 valence electrons. The van der Waals surface area contributed by atoms with Crippen molar-refractivity contribution in [3.05, 3.63) is 0 Å². The first kappa shape index (κ1) is 10.6. The van der Waals surface area contributed by atoms with E-state index in [1.54, 1.807) is 0 Å². The Balaban J connectivity index is 2.26. The van der Waals surface area contributed by atoms with Crippen molar-refractivity contribution >= 4 is 5.91 Å². The SMILES string of the molecule is CC1CCC(NC(=O)C(C)C)CC1. The van der Waals surface area contributed by atoms with Crippen molar-refractivity contribution in [1.82, 2.24) is 5.32 Å². The van der Waals surface area contributed by atoms with Gasteiger partial charge in [0.15, 0.2) is 0 Å². The molecule has 0 atom stereocenters. The van der Waals surface area contributed by atoms with E-state index in [0.29, 0.717) is 6.04 Å². The maximum Gasteiger partial charge on any atom is 0.222 e. The molecule has 2 heteroatoms. The summed E-state index contributed by atoms with van der Waals surface area (Å²) >= 11 is 0. The van der Waals surface area contributed by atoms with E-state index in [1.165, 1.54) is 25.7 Å². The zero-order valence-electron chi connectivity index (χ0n) is 8.97. The summed E-state index contributed by atoms with van der Waals surface area (Å²) < 4.78 is 0. The standard InChI is InChI=1S/C11H21NO/c1-8(2)11(13)12-10-6-4-9(3)5-7-10/h8-10H,4-7H2,1-3H3,(H,12,13). The van der Waals surface area contributed by atoms with Crippen molar-refractivity contribution in [3.8, 4) is 0 Å². The molecular weight excluding hydrogens is 162 g/mol. The van der Waals surface area contributed by atoms with Gasteiger partial charge in [0.05, 0.1) is 0 Å². The lowest BCUT2D eigenvalue weighted by atomic mass is 9.87. The van der Waals surface area contributed by atoms with E-state index in [1.807, 2.05) is 13.8 Å². The highest BCUT2D eigenvalue weighted by molar-refractivity contribution is 5.78. The monoisotopic (exact) mass is 183 g/mol. The molecule has 0 aromatic rings. The van der Waals surface area contributed by atoms with Crippen LogP contribution in [-0.4, -0.2) is 11.9 Å². The van der Waals surface area contributed by atoms with Gasteiger partial charge in [0.2, 0.25) is 5.91 Å². The Hall–Kier alpha value is -0.530. The highest BCUT2D eigenvalue weighted by Gasteiger charge is 2.20. The Kier molecular flexibility index (Phi) is 3.76. The lowest BCUT2D eigenvalue weighted by Crippen LogP contribution is -2.39. The molecule has 1 amide bonds. The predicted molar refractivity (Wildman–Crippen MR) is 54.4 cm³/mol. The second-order valence-corrected chi connectivity index (χ2v) is 4.62. The van der Waals surface area contributed by atoms with E-state index in [9.17, 15) is 4.79 Å². The van der Waals surface area contributed by atoms with Gasteiger partial charge in [0, 0.05) is 12.0 Å². The van der Waals surface area contributed by atoms with Gasteiger partial charge >= 0.3 is 0 Å². The van der Waals surface area contributed by atoms with Crippen LogP contribution in [0.25, 0.3) is 0 Å².